The molecule has 2 rings (SSSR count). The summed E-state index contributed by atoms with van der Waals surface area (Å²) in [6.07, 6.45) is 13.5. The molecule has 0 spiro atoms. The Balaban J connectivity index is 2.07. The van der Waals surface area contributed by atoms with Crippen LogP contribution >= 0.6 is 0 Å². The maximum Gasteiger partial charge on any atom is 0.310 e. The summed E-state index contributed by atoms with van der Waals surface area (Å²) in [5.74, 6) is -0.602. The van der Waals surface area contributed by atoms with Gasteiger partial charge in [-0.25, -0.2) is 0 Å². The van der Waals surface area contributed by atoms with Gasteiger partial charge in [-0.2, -0.15) is 0 Å². The second-order valence-electron chi connectivity index (χ2n) is 6.15. The molecule has 2 unspecified atom stereocenters. The number of carboxylic acids is 1. The monoisotopic (exact) mass is 265 g/mol. The molecule has 1 aliphatic carbocycles. The quantitative estimate of drug-likeness (QED) is 0.795. The van der Waals surface area contributed by atoms with Gasteiger partial charge >= 0.3 is 5.97 Å². The molecule has 1 heterocycles. The number of allylic oxidation sites excluding steroid dienone is 1. The number of hydrogen-bond donors (Lipinski definition) is 1. The Morgan fingerprint density at radius 2 is 2.21 bits per heavy atom. The molecule has 0 saturated carbocycles. The van der Waals surface area contributed by atoms with Crippen molar-refractivity contribution in [2.45, 2.75) is 64.3 Å². The molecule has 1 fully saturated rings. The lowest BCUT2D eigenvalue weighted by Gasteiger charge is -2.42. The van der Waals surface area contributed by atoms with Crippen molar-refractivity contribution in [1.29, 1.82) is 0 Å². The fourth-order valence-electron chi connectivity index (χ4n) is 3.51. The summed E-state index contributed by atoms with van der Waals surface area (Å²) in [7, 11) is 0. The van der Waals surface area contributed by atoms with E-state index in [0.29, 0.717) is 6.04 Å². The lowest BCUT2D eigenvalue weighted by Crippen LogP contribution is -2.50. The number of rotatable bonds is 3. The third-order valence-corrected chi connectivity index (χ3v) is 4.93. The highest BCUT2D eigenvalue weighted by Gasteiger charge is 2.41. The predicted molar refractivity (Wildman–Crippen MR) is 77.2 cm³/mol. The number of nitrogens with zero attached hydrogens (tertiary/aromatic N) is 1. The second kappa shape index (κ2) is 6.56. The number of likely N-dealkylation sites (tertiary alicyclic amines) is 1. The van der Waals surface area contributed by atoms with E-state index in [-0.39, 0.29) is 0 Å². The average molecular weight is 265 g/mol. The van der Waals surface area contributed by atoms with Gasteiger partial charge in [0.05, 0.1) is 5.41 Å². The van der Waals surface area contributed by atoms with Crippen molar-refractivity contribution in [2.24, 2.45) is 5.41 Å². The first-order valence-electron chi connectivity index (χ1n) is 7.82. The Morgan fingerprint density at radius 3 is 2.95 bits per heavy atom. The van der Waals surface area contributed by atoms with Gasteiger partial charge in [0.1, 0.15) is 0 Å². The first-order chi connectivity index (χ1) is 9.18. The van der Waals surface area contributed by atoms with Crippen LogP contribution in [-0.4, -0.2) is 35.1 Å². The summed E-state index contributed by atoms with van der Waals surface area (Å²) in [5, 5.41) is 9.56. The van der Waals surface area contributed by atoms with Crippen molar-refractivity contribution in [1.82, 2.24) is 4.90 Å². The molecule has 3 nitrogen and oxygen atoms in total. The largest absolute Gasteiger partial charge is 0.481 e. The van der Waals surface area contributed by atoms with Crippen LogP contribution in [0.1, 0.15) is 58.3 Å². The van der Waals surface area contributed by atoms with Crippen LogP contribution in [0, 0.1) is 5.41 Å². The van der Waals surface area contributed by atoms with Crippen LogP contribution in [0.2, 0.25) is 0 Å². The summed E-state index contributed by atoms with van der Waals surface area (Å²) in [5.41, 5.74) is -0.505. The van der Waals surface area contributed by atoms with Crippen LogP contribution in [-0.2, 0) is 4.79 Å². The minimum Gasteiger partial charge on any atom is -0.481 e. The maximum absolute atomic E-state index is 11.6. The molecular weight excluding hydrogens is 238 g/mol. The Bertz CT molecular complexity index is 340. The first kappa shape index (κ1) is 14.6. The molecule has 1 saturated heterocycles. The van der Waals surface area contributed by atoms with E-state index in [1.54, 1.807) is 0 Å². The Morgan fingerprint density at radius 1 is 1.37 bits per heavy atom. The second-order valence-corrected chi connectivity index (χ2v) is 6.15. The first-order valence-corrected chi connectivity index (χ1v) is 7.82. The Labute approximate surface area is 116 Å². The predicted octanol–water partition coefficient (Wildman–Crippen LogP) is 3.45. The van der Waals surface area contributed by atoms with Crippen molar-refractivity contribution in [3.05, 3.63) is 12.2 Å². The lowest BCUT2D eigenvalue weighted by atomic mass is 9.77. The van der Waals surface area contributed by atoms with Crippen LogP contribution in [0.3, 0.4) is 0 Å². The number of hydrogen-bond acceptors (Lipinski definition) is 2. The Kier molecular flexibility index (Phi) is 5.03. The lowest BCUT2D eigenvalue weighted by molar-refractivity contribution is -0.153. The van der Waals surface area contributed by atoms with Gasteiger partial charge in [0.25, 0.3) is 0 Å². The van der Waals surface area contributed by atoms with Gasteiger partial charge < -0.3 is 5.11 Å². The number of carbonyl (C=O) groups is 1. The van der Waals surface area contributed by atoms with E-state index in [2.05, 4.69) is 17.1 Å². The van der Waals surface area contributed by atoms with E-state index in [9.17, 15) is 9.90 Å². The van der Waals surface area contributed by atoms with Crippen LogP contribution in [0.5, 0.6) is 0 Å². The Hall–Kier alpha value is -0.830. The van der Waals surface area contributed by atoms with E-state index < -0.39 is 11.4 Å². The highest BCUT2D eigenvalue weighted by atomic mass is 16.4. The van der Waals surface area contributed by atoms with Crippen LogP contribution in [0.15, 0.2) is 12.2 Å². The van der Waals surface area contributed by atoms with E-state index in [1.807, 2.05) is 6.92 Å². The zero-order valence-electron chi connectivity index (χ0n) is 12.1. The molecule has 108 valence electrons. The normalized spacial score (nSPS) is 35.3. The fourth-order valence-corrected chi connectivity index (χ4v) is 3.51. The molecule has 19 heavy (non-hydrogen) atoms. The summed E-state index contributed by atoms with van der Waals surface area (Å²) >= 11 is 0. The summed E-state index contributed by atoms with van der Waals surface area (Å²) < 4.78 is 0. The van der Waals surface area contributed by atoms with Crippen molar-refractivity contribution in [2.75, 3.05) is 13.1 Å². The van der Waals surface area contributed by atoms with E-state index in [4.69, 9.17) is 0 Å². The minimum atomic E-state index is -0.602. The van der Waals surface area contributed by atoms with E-state index >= 15 is 0 Å². The van der Waals surface area contributed by atoms with Crippen molar-refractivity contribution in [3.8, 4) is 0 Å². The van der Waals surface area contributed by atoms with Gasteiger partial charge in [-0.3, -0.25) is 9.69 Å². The molecule has 0 aromatic carbocycles. The third kappa shape index (κ3) is 3.38. The molecule has 2 atom stereocenters. The van der Waals surface area contributed by atoms with E-state index in [0.717, 1.165) is 32.4 Å². The van der Waals surface area contributed by atoms with Crippen molar-refractivity contribution < 1.29 is 9.90 Å². The standard InChI is InChI=1S/C16H27NO2/c1-2-16(15(18)19)11-8-12-17(13-16)14-9-6-4-3-5-7-10-14/h6,9,14H,2-5,7-8,10-13H2,1H3,(H,18,19)/b9-6+. The van der Waals surface area contributed by atoms with Gasteiger partial charge in [-0.1, -0.05) is 31.9 Å². The molecule has 0 amide bonds. The van der Waals surface area contributed by atoms with E-state index in [1.165, 1.54) is 32.1 Å². The van der Waals surface area contributed by atoms with Gasteiger partial charge in [-0.15, -0.1) is 0 Å². The number of carboxylic acid groups (broad SMARTS) is 1. The van der Waals surface area contributed by atoms with Crippen LogP contribution in [0.25, 0.3) is 0 Å². The van der Waals surface area contributed by atoms with Gasteiger partial charge in [-0.05, 0) is 45.1 Å². The minimum absolute atomic E-state index is 0.464. The van der Waals surface area contributed by atoms with Crippen LogP contribution in [0.4, 0.5) is 0 Å². The fraction of sp³-hybridized carbons (Fsp3) is 0.812. The molecule has 0 bridgehead atoms. The molecule has 0 aromatic heterocycles. The zero-order valence-corrected chi connectivity index (χ0v) is 12.1. The molecule has 3 heteroatoms. The van der Waals surface area contributed by atoms with Crippen molar-refractivity contribution >= 4 is 5.97 Å². The van der Waals surface area contributed by atoms with Crippen molar-refractivity contribution in [3.63, 3.8) is 0 Å². The zero-order chi connectivity index (χ0) is 13.7. The summed E-state index contributed by atoms with van der Waals surface area (Å²) in [4.78, 5) is 14.0. The molecule has 1 aliphatic heterocycles. The molecule has 1 N–H and O–H groups in total. The highest BCUT2D eigenvalue weighted by molar-refractivity contribution is 5.75. The number of aliphatic carboxylic acids is 1. The molecule has 0 aromatic rings. The topological polar surface area (TPSA) is 40.5 Å². The third-order valence-electron chi connectivity index (χ3n) is 4.93. The van der Waals surface area contributed by atoms with Gasteiger partial charge in [0.2, 0.25) is 0 Å². The average Bonchev–Trinajstić information content (AvgIpc) is 2.38. The summed E-state index contributed by atoms with van der Waals surface area (Å²) in [6, 6.07) is 0.464. The molecular formula is C16H27NO2. The maximum atomic E-state index is 11.6. The molecule has 0 radical (unpaired) electrons. The van der Waals surface area contributed by atoms with Gasteiger partial charge in [0, 0.05) is 12.6 Å². The smallest absolute Gasteiger partial charge is 0.310 e. The SMILES string of the molecule is CCC1(C(=O)O)CCCN(C2/C=C/CCCCC2)C1. The number of piperidine rings is 1. The highest BCUT2D eigenvalue weighted by Crippen LogP contribution is 2.35. The summed E-state index contributed by atoms with van der Waals surface area (Å²) in [6.45, 7) is 3.81. The van der Waals surface area contributed by atoms with Gasteiger partial charge in [0.15, 0.2) is 0 Å². The van der Waals surface area contributed by atoms with Crippen LogP contribution < -0.4 is 0 Å². The molecule has 2 aliphatic rings.